The van der Waals surface area contributed by atoms with Crippen LogP contribution in [0.5, 0.6) is 0 Å². The summed E-state index contributed by atoms with van der Waals surface area (Å²) in [6.45, 7) is 1.48. The van der Waals surface area contributed by atoms with Crippen molar-refractivity contribution in [1.82, 2.24) is 14.8 Å². The van der Waals surface area contributed by atoms with Gasteiger partial charge in [-0.1, -0.05) is 9.59 Å². The number of nitrogens with zero attached hydrogens (tertiary/aromatic N) is 4. The molecule has 106 valence electrons. The standard InChI is InChI=1S/C8H8N6O4S2/c1-4-2-5(9)6(14(15)16)3-7(4)20(17,18)11-8-10-12-13-19-8/h2-3H,9H2,1H3,(H,10,11,13). The van der Waals surface area contributed by atoms with Crippen LogP contribution in [0.1, 0.15) is 5.56 Å². The van der Waals surface area contributed by atoms with Gasteiger partial charge in [-0.25, -0.2) is 8.42 Å². The lowest BCUT2D eigenvalue weighted by molar-refractivity contribution is -0.384. The number of nitrogens with one attached hydrogen (secondary N) is 1. The molecule has 1 heterocycles. The molecule has 1 aromatic carbocycles. The van der Waals surface area contributed by atoms with E-state index in [0.717, 1.165) is 17.6 Å². The fourth-order valence-electron chi connectivity index (χ4n) is 1.49. The molecular formula is C8H8N6O4S2. The molecule has 0 aliphatic carbocycles. The van der Waals surface area contributed by atoms with Crippen molar-refractivity contribution in [3.8, 4) is 0 Å². The maximum Gasteiger partial charge on any atom is 0.293 e. The van der Waals surface area contributed by atoms with Gasteiger partial charge in [0.05, 0.1) is 9.82 Å². The number of nitrogens with two attached hydrogens (primary N) is 1. The maximum atomic E-state index is 12.1. The first-order valence-corrected chi connectivity index (χ1v) is 7.29. The van der Waals surface area contributed by atoms with Gasteiger partial charge in [-0.15, -0.1) is 0 Å². The Hall–Kier alpha value is -2.34. The van der Waals surface area contributed by atoms with Gasteiger partial charge < -0.3 is 5.73 Å². The number of nitro groups is 1. The van der Waals surface area contributed by atoms with Gasteiger partial charge in [0.25, 0.3) is 15.7 Å². The van der Waals surface area contributed by atoms with E-state index < -0.39 is 20.6 Å². The molecule has 0 aliphatic rings. The molecule has 10 nitrogen and oxygen atoms in total. The zero-order valence-electron chi connectivity index (χ0n) is 9.97. The van der Waals surface area contributed by atoms with E-state index in [9.17, 15) is 18.5 Å². The first kappa shape index (κ1) is 14.1. The average Bonchev–Trinajstić information content (AvgIpc) is 2.79. The summed E-state index contributed by atoms with van der Waals surface area (Å²) in [4.78, 5) is 9.80. The summed E-state index contributed by atoms with van der Waals surface area (Å²) >= 11 is 0.743. The molecule has 2 rings (SSSR count). The summed E-state index contributed by atoms with van der Waals surface area (Å²) < 4.78 is 29.8. The number of nitrogen functional groups attached to an aromatic ring is 1. The number of nitro benzene ring substituents is 1. The van der Waals surface area contributed by atoms with Crippen LogP contribution in [0.3, 0.4) is 0 Å². The van der Waals surface area contributed by atoms with E-state index >= 15 is 0 Å². The Kier molecular flexibility index (Phi) is 3.50. The van der Waals surface area contributed by atoms with E-state index in [-0.39, 0.29) is 21.3 Å². The van der Waals surface area contributed by atoms with Crippen LogP contribution in [0, 0.1) is 17.0 Å². The fourth-order valence-corrected chi connectivity index (χ4v) is 3.32. The van der Waals surface area contributed by atoms with Crippen molar-refractivity contribution in [2.24, 2.45) is 0 Å². The van der Waals surface area contributed by atoms with Gasteiger partial charge in [0, 0.05) is 17.6 Å². The molecule has 0 bridgehead atoms. The van der Waals surface area contributed by atoms with Gasteiger partial charge in [-0.3, -0.25) is 14.8 Å². The Bertz CT molecular complexity index is 758. The maximum absolute atomic E-state index is 12.1. The van der Waals surface area contributed by atoms with Crippen LogP contribution in [-0.2, 0) is 10.0 Å². The normalized spacial score (nSPS) is 11.2. The Labute approximate surface area is 117 Å². The first-order chi connectivity index (χ1) is 9.31. The molecule has 0 amide bonds. The lowest BCUT2D eigenvalue weighted by Gasteiger charge is -2.08. The van der Waals surface area contributed by atoms with Gasteiger partial charge in [0.2, 0.25) is 5.13 Å². The number of aromatic nitrogens is 3. The van der Waals surface area contributed by atoms with Gasteiger partial charge in [0.1, 0.15) is 5.69 Å². The molecule has 2 aromatic rings. The predicted octanol–water partition coefficient (Wildman–Crippen LogP) is 0.533. The first-order valence-electron chi connectivity index (χ1n) is 5.03. The number of hydrogen-bond acceptors (Lipinski definition) is 9. The molecule has 0 saturated carbocycles. The average molecular weight is 316 g/mol. The van der Waals surface area contributed by atoms with Crippen molar-refractivity contribution in [1.29, 1.82) is 0 Å². The van der Waals surface area contributed by atoms with Crippen LogP contribution < -0.4 is 10.5 Å². The van der Waals surface area contributed by atoms with E-state index in [1.807, 2.05) is 0 Å². The van der Waals surface area contributed by atoms with Crippen LogP contribution in [0.15, 0.2) is 17.0 Å². The number of hydrogen-bond donors (Lipinski definition) is 2. The Morgan fingerprint density at radius 1 is 1.45 bits per heavy atom. The number of rotatable bonds is 4. The molecule has 12 heteroatoms. The van der Waals surface area contributed by atoms with E-state index in [2.05, 4.69) is 19.5 Å². The molecule has 0 atom stereocenters. The fraction of sp³-hybridized carbons (Fsp3) is 0.125. The number of anilines is 2. The van der Waals surface area contributed by atoms with Crippen molar-refractivity contribution in [3.05, 3.63) is 27.8 Å². The summed E-state index contributed by atoms with van der Waals surface area (Å²) in [6.07, 6.45) is 0. The van der Waals surface area contributed by atoms with Crippen LogP contribution in [0.25, 0.3) is 0 Å². The van der Waals surface area contributed by atoms with E-state index in [1.165, 1.54) is 13.0 Å². The molecule has 20 heavy (non-hydrogen) atoms. The Morgan fingerprint density at radius 3 is 2.70 bits per heavy atom. The Balaban J connectivity index is 2.51. The highest BCUT2D eigenvalue weighted by molar-refractivity contribution is 7.93. The number of aryl methyl sites for hydroxylation is 1. The highest BCUT2D eigenvalue weighted by Crippen LogP contribution is 2.29. The molecule has 0 fully saturated rings. The molecular weight excluding hydrogens is 308 g/mol. The zero-order chi connectivity index (χ0) is 14.9. The molecule has 0 unspecified atom stereocenters. The highest BCUT2D eigenvalue weighted by Gasteiger charge is 2.24. The molecule has 0 radical (unpaired) electrons. The summed E-state index contributed by atoms with van der Waals surface area (Å²) in [7, 11) is -4.03. The molecule has 0 aliphatic heterocycles. The van der Waals surface area contributed by atoms with Crippen molar-refractivity contribution < 1.29 is 13.3 Å². The SMILES string of the molecule is Cc1cc(N)c([N+](=O)[O-])cc1S(=O)(=O)Nc1nnns1. The number of benzene rings is 1. The molecule has 0 saturated heterocycles. The summed E-state index contributed by atoms with van der Waals surface area (Å²) in [5.41, 5.74) is 5.17. The van der Waals surface area contributed by atoms with Gasteiger partial charge in [-0.2, -0.15) is 0 Å². The van der Waals surface area contributed by atoms with E-state index in [4.69, 9.17) is 5.73 Å². The zero-order valence-corrected chi connectivity index (χ0v) is 11.6. The summed E-state index contributed by atoms with van der Waals surface area (Å²) in [6, 6.07) is 2.13. The minimum absolute atomic E-state index is 0.0381. The van der Waals surface area contributed by atoms with Crippen LogP contribution in [-0.4, -0.2) is 28.1 Å². The van der Waals surface area contributed by atoms with Gasteiger partial charge in [0.15, 0.2) is 0 Å². The van der Waals surface area contributed by atoms with Crippen LogP contribution in [0.2, 0.25) is 0 Å². The molecule has 1 aromatic heterocycles. The van der Waals surface area contributed by atoms with Crippen molar-refractivity contribution >= 4 is 38.1 Å². The van der Waals surface area contributed by atoms with E-state index in [1.54, 1.807) is 0 Å². The Morgan fingerprint density at radius 2 is 2.15 bits per heavy atom. The quantitative estimate of drug-likeness (QED) is 0.470. The smallest absolute Gasteiger partial charge is 0.293 e. The minimum atomic E-state index is -4.03. The lowest BCUT2D eigenvalue weighted by Crippen LogP contribution is -2.15. The highest BCUT2D eigenvalue weighted by atomic mass is 32.2. The number of sulfonamides is 1. The second-order valence-electron chi connectivity index (χ2n) is 3.71. The lowest BCUT2D eigenvalue weighted by atomic mass is 10.2. The second kappa shape index (κ2) is 4.97. The third-order valence-electron chi connectivity index (χ3n) is 2.33. The van der Waals surface area contributed by atoms with Gasteiger partial charge >= 0.3 is 0 Å². The van der Waals surface area contributed by atoms with E-state index in [0.29, 0.717) is 0 Å². The summed E-state index contributed by atoms with van der Waals surface area (Å²) in [5, 5.41) is 17.5. The topological polar surface area (TPSA) is 154 Å². The second-order valence-corrected chi connectivity index (χ2v) is 6.09. The van der Waals surface area contributed by atoms with Crippen molar-refractivity contribution in [2.75, 3.05) is 10.5 Å². The van der Waals surface area contributed by atoms with Crippen LogP contribution in [0.4, 0.5) is 16.5 Å². The predicted molar refractivity (Wildman–Crippen MR) is 70.8 cm³/mol. The largest absolute Gasteiger partial charge is 0.393 e. The van der Waals surface area contributed by atoms with Crippen LogP contribution >= 0.6 is 11.5 Å². The minimum Gasteiger partial charge on any atom is -0.393 e. The molecule has 3 N–H and O–H groups in total. The third kappa shape index (κ3) is 2.65. The summed E-state index contributed by atoms with van der Waals surface area (Å²) in [5.74, 6) is 0. The van der Waals surface area contributed by atoms with Gasteiger partial charge in [-0.05, 0) is 23.8 Å². The van der Waals surface area contributed by atoms with Crippen molar-refractivity contribution in [2.45, 2.75) is 11.8 Å². The monoisotopic (exact) mass is 316 g/mol. The molecule has 0 spiro atoms. The third-order valence-corrected chi connectivity index (χ3v) is 4.45. The van der Waals surface area contributed by atoms with Crippen molar-refractivity contribution in [3.63, 3.8) is 0 Å².